The minimum Gasteiger partial charge on any atom is -0.392 e. The van der Waals surface area contributed by atoms with Gasteiger partial charge in [-0.2, -0.15) is 0 Å². The summed E-state index contributed by atoms with van der Waals surface area (Å²) in [6.07, 6.45) is -0.687. The van der Waals surface area contributed by atoms with Crippen molar-refractivity contribution in [1.82, 2.24) is 10.2 Å². The second-order valence-electron chi connectivity index (χ2n) is 4.80. The Kier molecular flexibility index (Phi) is 3.85. The molecular weight excluding hydrogens is 260 g/mol. The minimum atomic E-state index is -0.916. The number of hydrogen-bond donors (Lipinski definition) is 2. The molecule has 1 aromatic rings. The van der Waals surface area contributed by atoms with Crippen molar-refractivity contribution >= 4 is 17.7 Å². The fourth-order valence-electron chi connectivity index (χ4n) is 2.07. The summed E-state index contributed by atoms with van der Waals surface area (Å²) in [5, 5.41) is 11.6. The monoisotopic (exact) mass is 276 g/mol. The van der Waals surface area contributed by atoms with Gasteiger partial charge in [-0.3, -0.25) is 19.3 Å². The Morgan fingerprint density at radius 3 is 2.15 bits per heavy atom. The first-order valence-electron chi connectivity index (χ1n) is 6.36. The van der Waals surface area contributed by atoms with Gasteiger partial charge in [0.1, 0.15) is 6.04 Å². The summed E-state index contributed by atoms with van der Waals surface area (Å²) in [5.41, 5.74) is 0.625. The van der Waals surface area contributed by atoms with Crippen LogP contribution in [0.4, 0.5) is 0 Å². The highest BCUT2D eigenvalue weighted by Crippen LogP contribution is 2.24. The van der Waals surface area contributed by atoms with E-state index in [1.807, 2.05) is 0 Å². The highest BCUT2D eigenvalue weighted by Gasteiger charge is 2.40. The Labute approximate surface area is 116 Å². The number of aliphatic hydroxyl groups excluding tert-OH is 1. The van der Waals surface area contributed by atoms with E-state index in [2.05, 4.69) is 5.32 Å². The quantitative estimate of drug-likeness (QED) is 0.767. The first kappa shape index (κ1) is 14.2. The third-order valence-electron chi connectivity index (χ3n) is 3.16. The van der Waals surface area contributed by atoms with Gasteiger partial charge in [0.25, 0.3) is 11.8 Å². The number of carbonyl (C=O) groups is 3. The molecule has 2 rings (SSSR count). The highest BCUT2D eigenvalue weighted by atomic mass is 16.3. The molecule has 0 fully saturated rings. The standard InChI is InChI=1S/C14H16N2O4/c1-8(17)7-15-12(18)9(2)16-13(19)10-5-3-4-6-11(10)14(16)20/h3-6,8-9,17H,7H2,1-2H3,(H,15,18). The lowest BCUT2D eigenvalue weighted by molar-refractivity contribution is -0.124. The van der Waals surface area contributed by atoms with Crippen LogP contribution in [0.15, 0.2) is 24.3 Å². The Hall–Kier alpha value is -2.21. The number of amides is 3. The number of fused-ring (bicyclic) bond motifs is 1. The van der Waals surface area contributed by atoms with Gasteiger partial charge in [0, 0.05) is 6.54 Å². The van der Waals surface area contributed by atoms with E-state index in [-0.39, 0.29) is 6.54 Å². The molecule has 6 heteroatoms. The number of benzene rings is 1. The maximum absolute atomic E-state index is 12.2. The van der Waals surface area contributed by atoms with Crippen LogP contribution in [0.2, 0.25) is 0 Å². The number of rotatable bonds is 4. The van der Waals surface area contributed by atoms with E-state index >= 15 is 0 Å². The predicted molar refractivity (Wildman–Crippen MR) is 71.1 cm³/mol. The molecule has 0 saturated carbocycles. The topological polar surface area (TPSA) is 86.7 Å². The van der Waals surface area contributed by atoms with E-state index < -0.39 is 29.9 Å². The van der Waals surface area contributed by atoms with E-state index in [1.165, 1.54) is 13.8 Å². The van der Waals surface area contributed by atoms with Gasteiger partial charge in [0.15, 0.2) is 0 Å². The van der Waals surface area contributed by atoms with Gasteiger partial charge < -0.3 is 10.4 Å². The maximum atomic E-state index is 12.2. The van der Waals surface area contributed by atoms with Gasteiger partial charge in [-0.15, -0.1) is 0 Å². The lowest BCUT2D eigenvalue weighted by Gasteiger charge is -2.22. The zero-order chi connectivity index (χ0) is 14.9. The van der Waals surface area contributed by atoms with Crippen molar-refractivity contribution < 1.29 is 19.5 Å². The van der Waals surface area contributed by atoms with E-state index in [0.29, 0.717) is 11.1 Å². The van der Waals surface area contributed by atoms with E-state index in [4.69, 9.17) is 5.11 Å². The summed E-state index contributed by atoms with van der Waals surface area (Å²) in [6.45, 7) is 3.10. The molecule has 2 unspecified atom stereocenters. The molecule has 0 spiro atoms. The number of nitrogens with one attached hydrogen (secondary N) is 1. The first-order valence-corrected chi connectivity index (χ1v) is 6.36. The van der Waals surface area contributed by atoms with E-state index in [0.717, 1.165) is 4.90 Å². The summed E-state index contributed by atoms with van der Waals surface area (Å²) in [6, 6.07) is 5.56. The SMILES string of the molecule is CC(O)CNC(=O)C(C)N1C(=O)c2ccccc2C1=O. The van der Waals surface area contributed by atoms with Crippen molar-refractivity contribution in [2.45, 2.75) is 26.0 Å². The van der Waals surface area contributed by atoms with Gasteiger partial charge in [-0.1, -0.05) is 12.1 Å². The zero-order valence-corrected chi connectivity index (χ0v) is 11.3. The van der Waals surface area contributed by atoms with Crippen molar-refractivity contribution in [2.24, 2.45) is 0 Å². The molecule has 1 aliphatic heterocycles. The Bertz CT molecular complexity index is 533. The number of carbonyl (C=O) groups excluding carboxylic acids is 3. The lowest BCUT2D eigenvalue weighted by atomic mass is 10.1. The van der Waals surface area contributed by atoms with Gasteiger partial charge in [0.2, 0.25) is 5.91 Å². The zero-order valence-electron chi connectivity index (χ0n) is 11.3. The number of nitrogens with zero attached hydrogens (tertiary/aromatic N) is 1. The number of hydrogen-bond acceptors (Lipinski definition) is 4. The van der Waals surface area contributed by atoms with Crippen LogP contribution < -0.4 is 5.32 Å². The number of aliphatic hydroxyl groups is 1. The van der Waals surface area contributed by atoms with Gasteiger partial charge in [-0.25, -0.2) is 0 Å². The summed E-state index contributed by atoms with van der Waals surface area (Å²) in [5.74, 6) is -1.41. The van der Waals surface area contributed by atoms with Crippen LogP contribution in [0, 0.1) is 0 Å². The summed E-state index contributed by atoms with van der Waals surface area (Å²) in [7, 11) is 0. The molecule has 2 N–H and O–H groups in total. The average Bonchev–Trinajstić information content (AvgIpc) is 2.68. The van der Waals surface area contributed by atoms with Crippen LogP contribution in [0.25, 0.3) is 0 Å². The molecule has 0 aliphatic carbocycles. The summed E-state index contributed by atoms with van der Waals surface area (Å²) in [4.78, 5) is 37.2. The molecule has 1 aromatic carbocycles. The smallest absolute Gasteiger partial charge is 0.262 e. The Morgan fingerprint density at radius 1 is 1.20 bits per heavy atom. The molecule has 2 atom stereocenters. The molecular formula is C14H16N2O4. The predicted octanol–water partition coefficient (Wildman–Crippen LogP) is 0.168. The maximum Gasteiger partial charge on any atom is 0.262 e. The number of imide groups is 1. The van der Waals surface area contributed by atoms with Crippen molar-refractivity contribution in [2.75, 3.05) is 6.54 Å². The second kappa shape index (κ2) is 5.42. The van der Waals surface area contributed by atoms with Crippen LogP contribution in [0.3, 0.4) is 0 Å². The van der Waals surface area contributed by atoms with Crippen LogP contribution in [-0.2, 0) is 4.79 Å². The Morgan fingerprint density at radius 2 is 1.70 bits per heavy atom. The van der Waals surface area contributed by atoms with Crippen LogP contribution in [-0.4, -0.2) is 46.4 Å². The van der Waals surface area contributed by atoms with Crippen molar-refractivity contribution in [3.63, 3.8) is 0 Å². The van der Waals surface area contributed by atoms with Crippen molar-refractivity contribution in [3.05, 3.63) is 35.4 Å². The van der Waals surface area contributed by atoms with Crippen LogP contribution in [0.1, 0.15) is 34.6 Å². The molecule has 0 saturated heterocycles. The largest absolute Gasteiger partial charge is 0.392 e. The van der Waals surface area contributed by atoms with Crippen LogP contribution in [0.5, 0.6) is 0 Å². The lowest BCUT2D eigenvalue weighted by Crippen LogP contribution is -2.48. The third-order valence-corrected chi connectivity index (χ3v) is 3.16. The van der Waals surface area contributed by atoms with E-state index in [1.54, 1.807) is 24.3 Å². The molecule has 106 valence electrons. The first-order chi connectivity index (χ1) is 9.43. The molecule has 6 nitrogen and oxygen atoms in total. The third kappa shape index (κ3) is 2.42. The van der Waals surface area contributed by atoms with Gasteiger partial charge >= 0.3 is 0 Å². The summed E-state index contributed by atoms with van der Waals surface area (Å²) >= 11 is 0. The molecule has 1 aliphatic rings. The highest BCUT2D eigenvalue weighted by molar-refractivity contribution is 6.22. The fourth-order valence-corrected chi connectivity index (χ4v) is 2.07. The summed E-state index contributed by atoms with van der Waals surface area (Å²) < 4.78 is 0. The fraction of sp³-hybridized carbons (Fsp3) is 0.357. The van der Waals surface area contributed by atoms with Crippen molar-refractivity contribution in [3.8, 4) is 0 Å². The molecule has 0 radical (unpaired) electrons. The molecule has 0 aromatic heterocycles. The van der Waals surface area contributed by atoms with E-state index in [9.17, 15) is 14.4 Å². The minimum absolute atomic E-state index is 0.0757. The Balaban J connectivity index is 2.17. The van der Waals surface area contributed by atoms with Gasteiger partial charge in [0.05, 0.1) is 17.2 Å². The second-order valence-corrected chi connectivity index (χ2v) is 4.80. The van der Waals surface area contributed by atoms with Crippen molar-refractivity contribution in [1.29, 1.82) is 0 Å². The average molecular weight is 276 g/mol. The molecule has 1 heterocycles. The van der Waals surface area contributed by atoms with Crippen LogP contribution >= 0.6 is 0 Å². The molecule has 3 amide bonds. The van der Waals surface area contributed by atoms with Gasteiger partial charge in [-0.05, 0) is 26.0 Å². The normalized spacial score (nSPS) is 16.9. The molecule has 0 bridgehead atoms. The molecule has 20 heavy (non-hydrogen) atoms.